The van der Waals surface area contributed by atoms with Gasteiger partial charge < -0.3 is 51.4 Å². The van der Waals surface area contributed by atoms with Gasteiger partial charge in [-0.2, -0.15) is 0 Å². The molecule has 6 amide bonds. The van der Waals surface area contributed by atoms with E-state index >= 15 is 0 Å². The highest BCUT2D eigenvalue weighted by Gasteiger charge is 2.32. The lowest BCUT2D eigenvalue weighted by atomic mass is 10.0. The van der Waals surface area contributed by atoms with Gasteiger partial charge >= 0.3 is 23.9 Å². The molecule has 0 aromatic heterocycles. The van der Waals surface area contributed by atoms with Crippen LogP contribution in [0.4, 0.5) is 4.79 Å². The molecule has 0 radical (unpaired) electrons. The van der Waals surface area contributed by atoms with Crippen molar-refractivity contribution in [3.8, 4) is 0 Å². The Labute approximate surface area is 450 Å². The minimum atomic E-state index is -1.25. The van der Waals surface area contributed by atoms with Crippen molar-refractivity contribution >= 4 is 47.6 Å². The largest absolute Gasteiger partial charge is 0.460 e. The molecule has 418 valence electrons. The number of nitrogens with one attached hydrogen (secondary N) is 7. The summed E-state index contributed by atoms with van der Waals surface area (Å²) in [7, 11) is 0. The first-order chi connectivity index (χ1) is 35.9. The van der Waals surface area contributed by atoms with Crippen molar-refractivity contribution in [2.75, 3.05) is 19.6 Å². The summed E-state index contributed by atoms with van der Waals surface area (Å²) < 4.78 is 16.4. The second-order valence-electron chi connectivity index (χ2n) is 21.8. The summed E-state index contributed by atoms with van der Waals surface area (Å²) in [5, 5.41) is 20.0. The number of benzene rings is 3. The molecule has 3 aromatic carbocycles. The predicted octanol–water partition coefficient (Wildman–Crippen LogP) is 6.43. The summed E-state index contributed by atoms with van der Waals surface area (Å²) in [5.41, 5.74) is 0.315. The summed E-state index contributed by atoms with van der Waals surface area (Å²) in [6, 6.07) is 23.6. The van der Waals surface area contributed by atoms with Crippen molar-refractivity contribution in [1.82, 2.24) is 37.2 Å². The molecule has 7 N–H and O–H groups in total. The summed E-state index contributed by atoms with van der Waals surface area (Å²) in [4.78, 5) is 106. The van der Waals surface area contributed by atoms with E-state index in [1.807, 2.05) is 91.0 Å². The van der Waals surface area contributed by atoms with Crippen LogP contribution < -0.4 is 37.2 Å². The average molecular weight is 1060 g/mol. The van der Waals surface area contributed by atoms with Crippen LogP contribution in [0.2, 0.25) is 0 Å². The molecule has 18 nitrogen and oxygen atoms in total. The number of hydrogen-bond acceptors (Lipinski definition) is 12. The minimum Gasteiger partial charge on any atom is -0.460 e. The number of ether oxygens (including phenoxy) is 3. The van der Waals surface area contributed by atoms with E-state index in [2.05, 4.69) is 37.2 Å². The number of hydrogen-bond donors (Lipinski definition) is 7. The number of esters is 3. The smallest absolute Gasteiger partial charge is 0.329 e. The number of amides is 6. The van der Waals surface area contributed by atoms with E-state index < -0.39 is 70.8 Å². The molecule has 0 aliphatic carbocycles. The molecule has 3 rings (SSSR count). The van der Waals surface area contributed by atoms with Gasteiger partial charge in [-0.3, -0.25) is 24.0 Å². The van der Waals surface area contributed by atoms with Crippen molar-refractivity contribution in [2.45, 2.75) is 187 Å². The molecule has 0 fully saturated rings. The maximum Gasteiger partial charge on any atom is 0.329 e. The molecule has 3 aromatic rings. The zero-order valence-corrected chi connectivity index (χ0v) is 46.3. The van der Waals surface area contributed by atoms with Gasteiger partial charge in [-0.1, -0.05) is 110 Å². The van der Waals surface area contributed by atoms with Crippen LogP contribution in [-0.4, -0.2) is 108 Å². The van der Waals surface area contributed by atoms with Crippen LogP contribution in [0.25, 0.3) is 0 Å². The van der Waals surface area contributed by atoms with Gasteiger partial charge in [0.25, 0.3) is 0 Å². The quantitative estimate of drug-likeness (QED) is 0.0210. The lowest BCUT2D eigenvalue weighted by Crippen LogP contribution is -2.55. The standard InChI is InChI=1S/C58H85N7O11/c1-56(2,3)74-50(68)34-32-45(54(72)76-58(7,8)9)65-55(73)64-44(53(71)75-57(4,5)6)31-33-48(66)60-35-23-12-10-11-22-30-49(67)62-47(39-42-26-18-14-19-27-42)52(70)63-46(38-41-24-16-13-17-25-41)51(69)61-37-36-59-40-43-28-20-15-21-29-43/h13-21,24-29,44-47,59H,10-12,22-23,30-40H2,1-9H3,(H,60,66)(H,61,69)(H,62,67)(H,63,70)(H2,64,65,73)/t44-,45-,46-,47-/m0/s1. The van der Waals surface area contributed by atoms with Gasteiger partial charge in [0.05, 0.1) is 0 Å². The topological polar surface area (TPSA) is 248 Å². The molecule has 0 unspecified atom stereocenters. The molecular formula is C58H85N7O11. The first-order valence-electron chi connectivity index (χ1n) is 26.6. The fraction of sp³-hybridized carbons (Fsp3) is 0.552. The second-order valence-corrected chi connectivity index (χ2v) is 21.8. The summed E-state index contributed by atoms with van der Waals surface area (Å²) in [5.74, 6) is -3.53. The van der Waals surface area contributed by atoms with Crippen molar-refractivity contribution in [3.63, 3.8) is 0 Å². The van der Waals surface area contributed by atoms with Gasteiger partial charge in [-0.25, -0.2) is 14.4 Å². The van der Waals surface area contributed by atoms with E-state index in [0.29, 0.717) is 39.0 Å². The Morgan fingerprint density at radius 1 is 0.421 bits per heavy atom. The highest BCUT2D eigenvalue weighted by Crippen LogP contribution is 2.16. The van der Waals surface area contributed by atoms with Gasteiger partial charge in [-0.05, 0) is 105 Å². The van der Waals surface area contributed by atoms with Crippen LogP contribution in [0.15, 0.2) is 91.0 Å². The number of unbranched alkanes of at least 4 members (excludes halogenated alkanes) is 4. The third-order valence-corrected chi connectivity index (χ3v) is 11.2. The van der Waals surface area contributed by atoms with E-state index in [-0.39, 0.29) is 62.7 Å². The Kier molecular flexibility index (Phi) is 27.2. The Hall–Kier alpha value is -6.82. The number of carbonyl (C=O) groups is 8. The van der Waals surface area contributed by atoms with Crippen LogP contribution in [-0.2, 0) is 67.2 Å². The van der Waals surface area contributed by atoms with Gasteiger partial charge in [0.2, 0.25) is 23.6 Å². The third kappa shape index (κ3) is 28.7. The molecule has 0 heterocycles. The molecule has 76 heavy (non-hydrogen) atoms. The predicted molar refractivity (Wildman–Crippen MR) is 291 cm³/mol. The number of rotatable bonds is 31. The Bertz CT molecular complexity index is 2280. The zero-order chi connectivity index (χ0) is 56.2. The summed E-state index contributed by atoms with van der Waals surface area (Å²) in [6.07, 6.45) is 3.67. The molecule has 0 bridgehead atoms. The Balaban J connectivity index is 1.48. The van der Waals surface area contributed by atoms with Crippen LogP contribution in [0.3, 0.4) is 0 Å². The van der Waals surface area contributed by atoms with Crippen LogP contribution in [0.1, 0.15) is 143 Å². The number of carbonyl (C=O) groups excluding carboxylic acids is 8. The van der Waals surface area contributed by atoms with E-state index in [9.17, 15) is 38.4 Å². The minimum absolute atomic E-state index is 0.101. The van der Waals surface area contributed by atoms with Crippen molar-refractivity contribution < 1.29 is 52.6 Å². The van der Waals surface area contributed by atoms with Gasteiger partial charge in [0.15, 0.2) is 0 Å². The first kappa shape index (κ1) is 63.5. The normalized spacial score (nSPS) is 13.1. The van der Waals surface area contributed by atoms with Crippen LogP contribution >= 0.6 is 0 Å². The summed E-state index contributed by atoms with van der Waals surface area (Å²) >= 11 is 0. The van der Waals surface area contributed by atoms with Crippen molar-refractivity contribution in [2.24, 2.45) is 0 Å². The lowest BCUT2D eigenvalue weighted by molar-refractivity contribution is -0.159. The zero-order valence-electron chi connectivity index (χ0n) is 46.3. The van der Waals surface area contributed by atoms with E-state index in [4.69, 9.17) is 14.2 Å². The van der Waals surface area contributed by atoms with Gasteiger partial charge in [0.1, 0.15) is 41.0 Å². The van der Waals surface area contributed by atoms with E-state index in [1.54, 1.807) is 62.3 Å². The van der Waals surface area contributed by atoms with Crippen molar-refractivity contribution in [3.05, 3.63) is 108 Å². The first-order valence-corrected chi connectivity index (χ1v) is 26.6. The second kappa shape index (κ2) is 32.6. The SMILES string of the molecule is CC(C)(C)OC(=O)CC[C@H](NC(=O)N[C@@H](CCC(=O)NCCCCCCCC(=O)N[C@@H](Cc1ccccc1)C(=O)N[C@@H](Cc1ccccc1)C(=O)NCCNCc1ccccc1)C(=O)OC(C)(C)C)C(=O)OC(C)(C)C. The van der Waals surface area contributed by atoms with Gasteiger partial charge in [-0.15, -0.1) is 0 Å². The van der Waals surface area contributed by atoms with E-state index in [1.165, 1.54) is 0 Å². The molecule has 0 aliphatic heterocycles. The summed E-state index contributed by atoms with van der Waals surface area (Å²) in [6.45, 7) is 17.1. The lowest BCUT2D eigenvalue weighted by Gasteiger charge is -2.27. The maximum atomic E-state index is 14.0. The Morgan fingerprint density at radius 2 is 0.882 bits per heavy atom. The van der Waals surface area contributed by atoms with Crippen molar-refractivity contribution in [1.29, 1.82) is 0 Å². The monoisotopic (exact) mass is 1060 g/mol. The molecular weight excluding hydrogens is 971 g/mol. The Morgan fingerprint density at radius 3 is 1.39 bits per heavy atom. The highest BCUT2D eigenvalue weighted by atomic mass is 16.6. The van der Waals surface area contributed by atoms with Gasteiger partial charge in [0, 0.05) is 58.3 Å². The molecule has 0 saturated carbocycles. The fourth-order valence-corrected chi connectivity index (χ4v) is 7.67. The average Bonchev–Trinajstić information content (AvgIpc) is 3.33. The fourth-order valence-electron chi connectivity index (χ4n) is 7.67. The molecule has 0 saturated heterocycles. The highest BCUT2D eigenvalue weighted by molar-refractivity contribution is 5.92. The number of urea groups is 1. The maximum absolute atomic E-state index is 14.0. The third-order valence-electron chi connectivity index (χ3n) is 11.2. The molecule has 4 atom stereocenters. The molecule has 0 aliphatic rings. The molecule has 18 heteroatoms. The molecule has 0 spiro atoms. The van der Waals surface area contributed by atoms with Crippen LogP contribution in [0.5, 0.6) is 0 Å². The van der Waals surface area contributed by atoms with E-state index in [0.717, 1.165) is 36.0 Å². The van der Waals surface area contributed by atoms with Crippen LogP contribution in [0, 0.1) is 0 Å².